The van der Waals surface area contributed by atoms with Crippen molar-refractivity contribution in [1.29, 1.82) is 0 Å². The number of carbonyl (C=O) groups excluding carboxylic acids is 1. The summed E-state index contributed by atoms with van der Waals surface area (Å²) in [5, 5.41) is 8.90. The Balaban J connectivity index is 1.63. The van der Waals surface area contributed by atoms with Crippen LogP contribution in [-0.2, 0) is 9.59 Å². The van der Waals surface area contributed by atoms with Gasteiger partial charge in [-0.05, 0) is 44.6 Å². The van der Waals surface area contributed by atoms with E-state index in [0.29, 0.717) is 18.4 Å². The third kappa shape index (κ3) is 2.55. The van der Waals surface area contributed by atoms with E-state index in [2.05, 4.69) is 4.90 Å². The summed E-state index contributed by atoms with van der Waals surface area (Å²) in [7, 11) is 0. The number of carboxylic acids is 1. The number of aliphatic carboxylic acids is 1. The zero-order valence-corrected chi connectivity index (χ0v) is 12.0. The molecular weight excluding hydrogens is 256 g/mol. The van der Waals surface area contributed by atoms with Crippen LogP contribution in [0.3, 0.4) is 0 Å². The molecule has 3 fully saturated rings. The maximum absolute atomic E-state index is 12.8. The predicted molar refractivity (Wildman–Crippen MR) is 74.3 cm³/mol. The fourth-order valence-corrected chi connectivity index (χ4v) is 3.98. The van der Waals surface area contributed by atoms with Crippen LogP contribution < -0.4 is 0 Å². The van der Waals surface area contributed by atoms with Crippen molar-refractivity contribution in [3.63, 3.8) is 0 Å². The summed E-state index contributed by atoms with van der Waals surface area (Å²) in [6.45, 7) is 3.28. The average Bonchev–Trinajstić information content (AvgIpc) is 2.72. The van der Waals surface area contributed by atoms with Crippen molar-refractivity contribution in [3.05, 3.63) is 0 Å². The van der Waals surface area contributed by atoms with Crippen molar-refractivity contribution in [2.75, 3.05) is 32.7 Å². The standard InChI is InChI=1S/C15H24N2O3/c18-13(19)10-16-8-6-15(11-16)5-2-7-17(14(15)20)9-12-3-1-4-12/h12H,1-11H2,(H,18,19). The van der Waals surface area contributed by atoms with E-state index < -0.39 is 5.97 Å². The lowest BCUT2D eigenvalue weighted by Crippen LogP contribution is -2.52. The molecule has 3 aliphatic rings. The molecule has 0 bridgehead atoms. The Morgan fingerprint density at radius 3 is 2.70 bits per heavy atom. The first-order valence-electron chi connectivity index (χ1n) is 7.83. The van der Waals surface area contributed by atoms with Crippen LogP contribution in [0, 0.1) is 11.3 Å². The highest BCUT2D eigenvalue weighted by Gasteiger charge is 2.48. The summed E-state index contributed by atoms with van der Waals surface area (Å²) >= 11 is 0. The van der Waals surface area contributed by atoms with Crippen LogP contribution in [0.2, 0.25) is 0 Å². The number of amides is 1. The number of likely N-dealkylation sites (tertiary alicyclic amines) is 2. The molecule has 1 amide bonds. The molecule has 2 aliphatic heterocycles. The molecule has 2 heterocycles. The highest BCUT2D eigenvalue weighted by atomic mass is 16.4. The van der Waals surface area contributed by atoms with Gasteiger partial charge in [-0.2, -0.15) is 0 Å². The van der Waals surface area contributed by atoms with E-state index in [0.717, 1.165) is 38.9 Å². The Hall–Kier alpha value is -1.10. The molecule has 1 N–H and O–H groups in total. The van der Waals surface area contributed by atoms with Crippen molar-refractivity contribution >= 4 is 11.9 Å². The van der Waals surface area contributed by atoms with Gasteiger partial charge in [0, 0.05) is 19.6 Å². The largest absolute Gasteiger partial charge is 0.480 e. The van der Waals surface area contributed by atoms with Gasteiger partial charge >= 0.3 is 5.97 Å². The summed E-state index contributed by atoms with van der Waals surface area (Å²) in [5.74, 6) is 0.214. The zero-order valence-electron chi connectivity index (χ0n) is 12.0. The quantitative estimate of drug-likeness (QED) is 0.840. The number of piperidine rings is 1. The third-order valence-corrected chi connectivity index (χ3v) is 5.32. The van der Waals surface area contributed by atoms with E-state index in [1.165, 1.54) is 19.3 Å². The monoisotopic (exact) mass is 280 g/mol. The second-order valence-corrected chi connectivity index (χ2v) is 6.79. The first-order chi connectivity index (χ1) is 9.59. The number of hydrogen-bond acceptors (Lipinski definition) is 3. The molecular formula is C15H24N2O3. The Kier molecular flexibility index (Phi) is 3.71. The smallest absolute Gasteiger partial charge is 0.317 e. The molecule has 0 radical (unpaired) electrons. The SMILES string of the molecule is O=C(O)CN1CCC2(CCCN(CC3CCC3)C2=O)C1. The van der Waals surface area contributed by atoms with Crippen LogP contribution in [0.4, 0.5) is 0 Å². The molecule has 1 aliphatic carbocycles. The van der Waals surface area contributed by atoms with E-state index in [1.807, 2.05) is 4.90 Å². The summed E-state index contributed by atoms with van der Waals surface area (Å²) in [6.07, 6.45) is 6.68. The molecule has 1 atom stereocenters. The van der Waals surface area contributed by atoms with Crippen LogP contribution in [0.15, 0.2) is 0 Å². The molecule has 3 rings (SSSR count). The van der Waals surface area contributed by atoms with Gasteiger partial charge in [-0.25, -0.2) is 0 Å². The highest BCUT2D eigenvalue weighted by molar-refractivity contribution is 5.84. The lowest BCUT2D eigenvalue weighted by atomic mass is 9.77. The molecule has 1 spiro atoms. The molecule has 0 aromatic rings. The van der Waals surface area contributed by atoms with E-state index in [1.54, 1.807) is 0 Å². The number of hydrogen-bond donors (Lipinski definition) is 1. The summed E-state index contributed by atoms with van der Waals surface area (Å²) in [5.41, 5.74) is -0.280. The first-order valence-corrected chi connectivity index (χ1v) is 7.83. The number of rotatable bonds is 4. The van der Waals surface area contributed by atoms with Crippen LogP contribution >= 0.6 is 0 Å². The molecule has 2 saturated heterocycles. The second kappa shape index (κ2) is 5.35. The lowest BCUT2D eigenvalue weighted by Gasteiger charge is -2.42. The molecule has 5 heteroatoms. The van der Waals surface area contributed by atoms with Gasteiger partial charge in [0.15, 0.2) is 0 Å². The average molecular weight is 280 g/mol. The van der Waals surface area contributed by atoms with E-state index >= 15 is 0 Å². The minimum atomic E-state index is -0.795. The number of carbonyl (C=O) groups is 2. The topological polar surface area (TPSA) is 60.9 Å². The van der Waals surface area contributed by atoms with Crippen molar-refractivity contribution < 1.29 is 14.7 Å². The maximum atomic E-state index is 12.8. The van der Waals surface area contributed by atoms with Crippen molar-refractivity contribution in [1.82, 2.24) is 9.80 Å². The second-order valence-electron chi connectivity index (χ2n) is 6.79. The minimum Gasteiger partial charge on any atom is -0.480 e. The van der Waals surface area contributed by atoms with E-state index in [9.17, 15) is 9.59 Å². The van der Waals surface area contributed by atoms with E-state index in [-0.39, 0.29) is 12.0 Å². The molecule has 20 heavy (non-hydrogen) atoms. The van der Waals surface area contributed by atoms with Gasteiger partial charge in [0.25, 0.3) is 0 Å². The van der Waals surface area contributed by atoms with Gasteiger partial charge in [-0.15, -0.1) is 0 Å². The number of nitrogens with zero attached hydrogens (tertiary/aromatic N) is 2. The van der Waals surface area contributed by atoms with Crippen molar-refractivity contribution in [2.24, 2.45) is 11.3 Å². The van der Waals surface area contributed by atoms with Gasteiger partial charge in [0.1, 0.15) is 0 Å². The van der Waals surface area contributed by atoms with Gasteiger partial charge < -0.3 is 10.0 Å². The summed E-state index contributed by atoms with van der Waals surface area (Å²) in [4.78, 5) is 27.6. The molecule has 112 valence electrons. The van der Waals surface area contributed by atoms with Gasteiger partial charge in [0.05, 0.1) is 12.0 Å². The van der Waals surface area contributed by atoms with Gasteiger partial charge in [0.2, 0.25) is 5.91 Å². The normalized spacial score (nSPS) is 31.8. The van der Waals surface area contributed by atoms with E-state index in [4.69, 9.17) is 5.11 Å². The van der Waals surface area contributed by atoms with Crippen LogP contribution in [0.1, 0.15) is 38.5 Å². The minimum absolute atomic E-state index is 0.0671. The van der Waals surface area contributed by atoms with Gasteiger partial charge in [-0.1, -0.05) is 6.42 Å². The Labute approximate surface area is 119 Å². The lowest BCUT2D eigenvalue weighted by molar-refractivity contribution is -0.147. The molecule has 1 saturated carbocycles. The Morgan fingerprint density at radius 1 is 1.25 bits per heavy atom. The maximum Gasteiger partial charge on any atom is 0.317 e. The van der Waals surface area contributed by atoms with Gasteiger partial charge in [-0.3, -0.25) is 14.5 Å². The van der Waals surface area contributed by atoms with Crippen molar-refractivity contribution in [2.45, 2.75) is 38.5 Å². The Morgan fingerprint density at radius 2 is 2.05 bits per heavy atom. The van der Waals surface area contributed by atoms with Crippen LogP contribution in [-0.4, -0.2) is 59.5 Å². The molecule has 5 nitrogen and oxygen atoms in total. The zero-order chi connectivity index (χ0) is 14.2. The fraction of sp³-hybridized carbons (Fsp3) is 0.867. The van der Waals surface area contributed by atoms with Crippen LogP contribution in [0.25, 0.3) is 0 Å². The molecule has 0 aromatic carbocycles. The predicted octanol–water partition coefficient (Wildman–Crippen LogP) is 1.19. The fourth-order valence-electron chi connectivity index (χ4n) is 3.98. The summed E-state index contributed by atoms with van der Waals surface area (Å²) < 4.78 is 0. The first kappa shape index (κ1) is 13.9. The molecule has 0 aromatic heterocycles. The van der Waals surface area contributed by atoms with Crippen molar-refractivity contribution in [3.8, 4) is 0 Å². The molecule has 1 unspecified atom stereocenters. The highest BCUT2D eigenvalue weighted by Crippen LogP contribution is 2.41. The third-order valence-electron chi connectivity index (χ3n) is 5.32. The summed E-state index contributed by atoms with van der Waals surface area (Å²) in [6, 6.07) is 0. The number of carboxylic acid groups (broad SMARTS) is 1. The Bertz CT molecular complexity index is 408. The van der Waals surface area contributed by atoms with Crippen LogP contribution in [0.5, 0.6) is 0 Å².